The summed E-state index contributed by atoms with van der Waals surface area (Å²) in [5, 5.41) is 5.71. The molecule has 0 spiro atoms. The highest BCUT2D eigenvalue weighted by molar-refractivity contribution is 6.30. The van der Waals surface area contributed by atoms with E-state index in [2.05, 4.69) is 22.5 Å². The van der Waals surface area contributed by atoms with E-state index in [1.165, 1.54) is 19.2 Å². The number of nitrogens with zero attached hydrogens (tertiary/aromatic N) is 1. The number of hydrogen-bond donors (Lipinski definition) is 2. The minimum absolute atomic E-state index is 0.0264. The first kappa shape index (κ1) is 26.8. The van der Waals surface area contributed by atoms with E-state index in [-0.39, 0.29) is 35.1 Å². The van der Waals surface area contributed by atoms with Crippen LogP contribution >= 0.6 is 11.6 Å². The van der Waals surface area contributed by atoms with Crippen molar-refractivity contribution in [2.75, 3.05) is 42.4 Å². The van der Waals surface area contributed by atoms with Crippen LogP contribution < -0.4 is 15.5 Å². The molecule has 2 amide bonds. The van der Waals surface area contributed by atoms with Crippen LogP contribution in [0.3, 0.4) is 0 Å². The van der Waals surface area contributed by atoms with Gasteiger partial charge in [-0.2, -0.15) is 0 Å². The van der Waals surface area contributed by atoms with E-state index in [9.17, 15) is 14.0 Å². The number of urea groups is 1. The van der Waals surface area contributed by atoms with Crippen molar-refractivity contribution in [3.05, 3.63) is 52.8 Å². The van der Waals surface area contributed by atoms with Gasteiger partial charge < -0.3 is 25.0 Å². The summed E-state index contributed by atoms with van der Waals surface area (Å²) in [5.74, 6) is -0.973. The van der Waals surface area contributed by atoms with Gasteiger partial charge in [-0.25, -0.2) is 9.18 Å². The molecule has 2 aromatic carbocycles. The second kappa shape index (κ2) is 12.7. The van der Waals surface area contributed by atoms with Crippen LogP contribution in [0.4, 0.5) is 26.2 Å². The van der Waals surface area contributed by atoms with Crippen molar-refractivity contribution in [1.29, 1.82) is 0 Å². The van der Waals surface area contributed by atoms with Crippen LogP contribution in [0.1, 0.15) is 51.0 Å². The molecule has 3 rings (SSSR count). The van der Waals surface area contributed by atoms with Crippen molar-refractivity contribution in [2.45, 2.75) is 51.5 Å². The number of benzene rings is 2. The molecule has 9 heteroatoms. The molecular weight excluding hydrogens is 473 g/mol. The smallest absolute Gasteiger partial charge is 0.323 e. The third-order valence-corrected chi connectivity index (χ3v) is 6.57. The highest BCUT2D eigenvalue weighted by atomic mass is 35.5. The topological polar surface area (TPSA) is 79.9 Å². The highest BCUT2D eigenvalue weighted by Gasteiger charge is 2.25. The van der Waals surface area contributed by atoms with E-state index in [0.29, 0.717) is 18.9 Å². The van der Waals surface area contributed by atoms with Crippen LogP contribution in [-0.4, -0.2) is 44.9 Å². The third kappa shape index (κ3) is 7.08. The molecule has 1 atom stereocenters. The molecule has 1 aliphatic rings. The zero-order chi connectivity index (χ0) is 25.4. The average molecular weight is 506 g/mol. The zero-order valence-corrected chi connectivity index (χ0v) is 21.2. The number of carbonyl (C=O) groups excluding carboxylic acids is 2. The summed E-state index contributed by atoms with van der Waals surface area (Å²) in [5.41, 5.74) is 2.39. The highest BCUT2D eigenvalue weighted by Crippen LogP contribution is 2.35. The third-order valence-electron chi connectivity index (χ3n) is 6.33. The molecule has 0 aliphatic carbocycles. The lowest BCUT2D eigenvalue weighted by Crippen LogP contribution is -2.40. The Morgan fingerprint density at radius 3 is 2.49 bits per heavy atom. The summed E-state index contributed by atoms with van der Waals surface area (Å²) in [4.78, 5) is 27.1. The normalized spacial score (nSPS) is 14.8. The maximum atomic E-state index is 14.2. The van der Waals surface area contributed by atoms with E-state index in [4.69, 9.17) is 21.1 Å². The molecule has 1 heterocycles. The number of rotatable bonds is 9. The fourth-order valence-electron chi connectivity index (χ4n) is 4.43. The number of amides is 2. The molecule has 0 saturated carbocycles. The summed E-state index contributed by atoms with van der Waals surface area (Å²) in [7, 11) is 1.37. The Kier molecular flexibility index (Phi) is 9.74. The van der Waals surface area contributed by atoms with Crippen LogP contribution in [0.5, 0.6) is 0 Å². The molecule has 0 radical (unpaired) electrons. The molecular formula is C26H33ClFN3O4. The largest absolute Gasteiger partial charge is 0.469 e. The van der Waals surface area contributed by atoms with E-state index in [1.807, 2.05) is 25.1 Å². The molecule has 1 fully saturated rings. The predicted octanol–water partition coefficient (Wildman–Crippen LogP) is 6.19. The summed E-state index contributed by atoms with van der Waals surface area (Å²) in [6.45, 7) is 6.20. The van der Waals surface area contributed by atoms with Gasteiger partial charge in [0.05, 0.1) is 30.6 Å². The Hall–Kier alpha value is -2.84. The van der Waals surface area contributed by atoms with Crippen molar-refractivity contribution in [3.8, 4) is 0 Å². The van der Waals surface area contributed by atoms with Gasteiger partial charge in [0.25, 0.3) is 0 Å². The number of hydrogen-bond acceptors (Lipinski definition) is 5. The van der Waals surface area contributed by atoms with Gasteiger partial charge in [-0.15, -0.1) is 0 Å². The first-order valence-corrected chi connectivity index (χ1v) is 12.3. The molecule has 0 aromatic heterocycles. The lowest BCUT2D eigenvalue weighted by Gasteiger charge is -2.36. The van der Waals surface area contributed by atoms with E-state index in [1.54, 1.807) is 0 Å². The van der Waals surface area contributed by atoms with Crippen LogP contribution in [-0.2, 0) is 14.3 Å². The SMILES string of the molecule is CCC(CC(=O)OC)c1ccc(N(CC)C2CCOCC2)c(NC(=O)Nc2ccc(Cl)cc2F)c1. The minimum atomic E-state index is -0.622. The van der Waals surface area contributed by atoms with Gasteiger partial charge in [-0.05, 0) is 68.0 Å². The van der Waals surface area contributed by atoms with E-state index in [0.717, 1.165) is 43.1 Å². The lowest BCUT2D eigenvalue weighted by atomic mass is 9.92. The van der Waals surface area contributed by atoms with Gasteiger partial charge in [0.1, 0.15) is 5.82 Å². The van der Waals surface area contributed by atoms with Gasteiger partial charge in [-0.1, -0.05) is 24.6 Å². The molecule has 1 unspecified atom stereocenters. The fourth-order valence-corrected chi connectivity index (χ4v) is 4.59. The van der Waals surface area contributed by atoms with Crippen molar-refractivity contribution in [1.82, 2.24) is 0 Å². The van der Waals surface area contributed by atoms with Gasteiger partial charge in [-0.3, -0.25) is 4.79 Å². The minimum Gasteiger partial charge on any atom is -0.469 e. The van der Waals surface area contributed by atoms with E-state index >= 15 is 0 Å². The summed E-state index contributed by atoms with van der Waals surface area (Å²) >= 11 is 5.82. The zero-order valence-electron chi connectivity index (χ0n) is 20.4. The number of nitrogens with one attached hydrogen (secondary N) is 2. The van der Waals surface area contributed by atoms with E-state index < -0.39 is 11.8 Å². The van der Waals surface area contributed by atoms with Crippen molar-refractivity contribution in [2.24, 2.45) is 0 Å². The average Bonchev–Trinajstić information content (AvgIpc) is 2.86. The summed E-state index contributed by atoms with van der Waals surface area (Å²) in [6.07, 6.45) is 2.74. The van der Waals surface area contributed by atoms with Crippen LogP contribution in [0, 0.1) is 5.82 Å². The van der Waals surface area contributed by atoms with Crippen LogP contribution in [0.25, 0.3) is 0 Å². The molecule has 0 bridgehead atoms. The van der Waals surface area contributed by atoms with Gasteiger partial charge in [0.2, 0.25) is 0 Å². The van der Waals surface area contributed by atoms with Gasteiger partial charge in [0, 0.05) is 30.8 Å². The van der Waals surface area contributed by atoms with Crippen molar-refractivity contribution < 1.29 is 23.5 Å². The Bertz CT molecular complexity index is 1030. The Morgan fingerprint density at radius 1 is 1.14 bits per heavy atom. The maximum absolute atomic E-state index is 14.2. The number of methoxy groups -OCH3 is 1. The molecule has 2 N–H and O–H groups in total. The second-order valence-corrected chi connectivity index (χ2v) is 8.93. The molecule has 190 valence electrons. The monoisotopic (exact) mass is 505 g/mol. The van der Waals surface area contributed by atoms with Gasteiger partial charge >= 0.3 is 12.0 Å². The molecule has 1 saturated heterocycles. The summed E-state index contributed by atoms with van der Waals surface area (Å²) < 4.78 is 24.6. The second-order valence-electron chi connectivity index (χ2n) is 8.49. The Labute approximate surface area is 210 Å². The molecule has 2 aromatic rings. The van der Waals surface area contributed by atoms with Crippen LogP contribution in [0.2, 0.25) is 5.02 Å². The number of anilines is 3. The Morgan fingerprint density at radius 2 is 1.86 bits per heavy atom. The predicted molar refractivity (Wildman–Crippen MR) is 137 cm³/mol. The first-order chi connectivity index (χ1) is 16.9. The summed E-state index contributed by atoms with van der Waals surface area (Å²) in [6, 6.07) is 9.64. The molecule has 1 aliphatic heterocycles. The lowest BCUT2D eigenvalue weighted by molar-refractivity contribution is -0.141. The quantitative estimate of drug-likeness (QED) is 0.397. The first-order valence-electron chi connectivity index (χ1n) is 11.9. The molecule has 35 heavy (non-hydrogen) atoms. The Balaban J connectivity index is 1.93. The molecule has 7 nitrogen and oxygen atoms in total. The van der Waals surface area contributed by atoms with Crippen molar-refractivity contribution >= 4 is 40.7 Å². The standard InChI is InChI=1S/C26H33ClFN3O4/c1-4-17(15-25(32)34-3)18-6-9-24(31(5-2)20-10-12-35-13-11-20)23(14-18)30-26(33)29-22-8-7-19(27)16-21(22)28/h6-9,14,16-17,20H,4-5,10-13,15H2,1-3H3,(H2,29,30,33). The van der Waals surface area contributed by atoms with Crippen LogP contribution in [0.15, 0.2) is 36.4 Å². The van der Waals surface area contributed by atoms with Gasteiger partial charge in [0.15, 0.2) is 0 Å². The number of ether oxygens (including phenoxy) is 2. The number of carbonyl (C=O) groups is 2. The number of esters is 1. The maximum Gasteiger partial charge on any atom is 0.323 e. The fraction of sp³-hybridized carbons (Fsp3) is 0.462. The number of halogens is 2. The van der Waals surface area contributed by atoms with Crippen molar-refractivity contribution in [3.63, 3.8) is 0 Å².